The molecule has 1 heterocycles. The van der Waals surface area contributed by atoms with Crippen molar-refractivity contribution in [2.24, 2.45) is 0 Å². The molecule has 7 nitrogen and oxygen atoms in total. The number of carbonyl (C=O) groups excluding carboxylic acids is 2. The number of benzene rings is 2. The molecule has 3 rings (SSSR count). The molecule has 0 aliphatic rings. The van der Waals surface area contributed by atoms with Crippen LogP contribution < -0.4 is 10.9 Å². The van der Waals surface area contributed by atoms with Crippen LogP contribution in [-0.4, -0.2) is 23.0 Å². The predicted octanol–water partition coefficient (Wildman–Crippen LogP) is 3.00. The number of esters is 1. The van der Waals surface area contributed by atoms with E-state index in [1.165, 1.54) is 6.92 Å². The Hall–Kier alpha value is -3.48. The Bertz CT molecular complexity index is 1070. The average molecular weight is 380 g/mol. The maximum atomic E-state index is 12.2. The van der Waals surface area contributed by atoms with Crippen molar-refractivity contribution in [1.82, 2.24) is 4.98 Å². The predicted molar refractivity (Wildman–Crippen MR) is 104 cm³/mol. The Morgan fingerprint density at radius 2 is 1.86 bits per heavy atom. The molecule has 0 fully saturated rings. The first kappa shape index (κ1) is 19.3. The fourth-order valence-electron chi connectivity index (χ4n) is 2.62. The van der Waals surface area contributed by atoms with Gasteiger partial charge in [-0.15, -0.1) is 0 Å². The summed E-state index contributed by atoms with van der Waals surface area (Å²) in [6, 6.07) is 14.2. The molecule has 1 amide bonds. The second-order valence-corrected chi connectivity index (χ2v) is 6.35. The number of para-hydroxylation sites is 3. The van der Waals surface area contributed by atoms with Gasteiger partial charge >= 0.3 is 11.6 Å². The number of hydrogen-bond acceptors (Lipinski definition) is 6. The van der Waals surface area contributed by atoms with Gasteiger partial charge in [0, 0.05) is 12.1 Å². The number of fused-ring (bicyclic) bond motifs is 1. The number of anilines is 1. The molecule has 0 saturated heterocycles. The Kier molecular flexibility index (Phi) is 5.84. The van der Waals surface area contributed by atoms with E-state index in [0.29, 0.717) is 16.8 Å². The van der Waals surface area contributed by atoms with E-state index in [4.69, 9.17) is 9.15 Å². The molecule has 0 saturated carbocycles. The molecule has 1 aromatic heterocycles. The van der Waals surface area contributed by atoms with Gasteiger partial charge < -0.3 is 14.5 Å². The quantitative estimate of drug-likeness (QED) is 0.660. The third-order valence-electron chi connectivity index (χ3n) is 4.21. The summed E-state index contributed by atoms with van der Waals surface area (Å²) in [6.07, 6.45) is -0.982. The molecule has 0 spiro atoms. The zero-order valence-electron chi connectivity index (χ0n) is 15.6. The normalized spacial score (nSPS) is 11.8. The summed E-state index contributed by atoms with van der Waals surface area (Å²) < 4.78 is 10.3. The largest absolute Gasteiger partial charge is 0.453 e. The minimum absolute atomic E-state index is 0.0676. The monoisotopic (exact) mass is 380 g/mol. The molecule has 0 unspecified atom stereocenters. The van der Waals surface area contributed by atoms with E-state index in [-0.39, 0.29) is 18.5 Å². The third kappa shape index (κ3) is 4.62. The molecule has 28 heavy (non-hydrogen) atoms. The second kappa shape index (κ2) is 8.47. The SMILES string of the molecule is Cc1ccccc1NC(=O)[C@@H](C)OC(=O)CCc1nc2ccccc2oc1=O. The first-order valence-corrected chi connectivity index (χ1v) is 8.89. The number of ether oxygens (including phenoxy) is 1. The topological polar surface area (TPSA) is 98.5 Å². The molecular weight excluding hydrogens is 360 g/mol. The van der Waals surface area contributed by atoms with Crippen LogP contribution in [-0.2, 0) is 20.7 Å². The zero-order chi connectivity index (χ0) is 20.1. The van der Waals surface area contributed by atoms with Gasteiger partial charge in [-0.3, -0.25) is 9.59 Å². The Morgan fingerprint density at radius 1 is 1.14 bits per heavy atom. The van der Waals surface area contributed by atoms with E-state index in [2.05, 4.69) is 10.3 Å². The number of rotatable bonds is 6. The van der Waals surface area contributed by atoms with E-state index >= 15 is 0 Å². The number of aryl methyl sites for hydroxylation is 2. The summed E-state index contributed by atoms with van der Waals surface area (Å²) in [4.78, 5) is 40.5. The lowest BCUT2D eigenvalue weighted by Gasteiger charge is -2.14. The van der Waals surface area contributed by atoms with Gasteiger partial charge in [0.05, 0.1) is 6.42 Å². The van der Waals surface area contributed by atoms with Gasteiger partial charge in [0.1, 0.15) is 11.2 Å². The summed E-state index contributed by atoms with van der Waals surface area (Å²) in [7, 11) is 0. The van der Waals surface area contributed by atoms with Crippen molar-refractivity contribution in [3.8, 4) is 0 Å². The Labute approximate surface area is 161 Å². The third-order valence-corrected chi connectivity index (χ3v) is 4.21. The fraction of sp³-hybridized carbons (Fsp3) is 0.238. The summed E-state index contributed by atoms with van der Waals surface area (Å²) >= 11 is 0. The van der Waals surface area contributed by atoms with Crippen molar-refractivity contribution in [3.63, 3.8) is 0 Å². The molecule has 1 atom stereocenters. The van der Waals surface area contributed by atoms with E-state index in [1.54, 1.807) is 36.4 Å². The second-order valence-electron chi connectivity index (χ2n) is 6.35. The maximum Gasteiger partial charge on any atom is 0.358 e. The molecule has 0 aliphatic heterocycles. The van der Waals surface area contributed by atoms with Crippen molar-refractivity contribution in [2.75, 3.05) is 5.32 Å². The van der Waals surface area contributed by atoms with Gasteiger partial charge in [-0.1, -0.05) is 30.3 Å². The Balaban J connectivity index is 1.56. The van der Waals surface area contributed by atoms with Crippen LogP contribution in [0.3, 0.4) is 0 Å². The van der Waals surface area contributed by atoms with E-state index in [0.717, 1.165) is 5.56 Å². The lowest BCUT2D eigenvalue weighted by Crippen LogP contribution is -2.30. The van der Waals surface area contributed by atoms with E-state index in [1.807, 2.05) is 19.1 Å². The van der Waals surface area contributed by atoms with Crippen LogP contribution in [0, 0.1) is 6.92 Å². The van der Waals surface area contributed by atoms with Crippen LogP contribution in [0.4, 0.5) is 5.69 Å². The maximum absolute atomic E-state index is 12.2. The number of nitrogens with one attached hydrogen (secondary N) is 1. The van der Waals surface area contributed by atoms with Crippen LogP contribution in [0.15, 0.2) is 57.7 Å². The fourth-order valence-corrected chi connectivity index (χ4v) is 2.62. The highest BCUT2D eigenvalue weighted by Crippen LogP contribution is 2.14. The summed E-state index contributed by atoms with van der Waals surface area (Å²) in [5.41, 5.74) is 2.05. The highest BCUT2D eigenvalue weighted by molar-refractivity contribution is 5.95. The number of aromatic nitrogens is 1. The molecule has 0 aliphatic carbocycles. The molecule has 0 radical (unpaired) electrons. The van der Waals surface area contributed by atoms with Crippen LogP contribution in [0.5, 0.6) is 0 Å². The van der Waals surface area contributed by atoms with Crippen molar-refractivity contribution in [1.29, 1.82) is 0 Å². The summed E-state index contributed by atoms with van der Waals surface area (Å²) in [5, 5.41) is 2.72. The minimum Gasteiger partial charge on any atom is -0.453 e. The minimum atomic E-state index is -0.965. The van der Waals surface area contributed by atoms with Gasteiger partial charge in [0.15, 0.2) is 11.7 Å². The van der Waals surface area contributed by atoms with Crippen LogP contribution in [0.2, 0.25) is 0 Å². The van der Waals surface area contributed by atoms with E-state index in [9.17, 15) is 14.4 Å². The zero-order valence-corrected chi connectivity index (χ0v) is 15.6. The first-order chi connectivity index (χ1) is 13.4. The molecule has 1 N–H and O–H groups in total. The Morgan fingerprint density at radius 3 is 2.64 bits per heavy atom. The molecule has 2 aromatic carbocycles. The number of carbonyl (C=O) groups is 2. The van der Waals surface area contributed by atoms with Gasteiger partial charge in [0.25, 0.3) is 5.91 Å². The average Bonchev–Trinajstić information content (AvgIpc) is 2.68. The van der Waals surface area contributed by atoms with Gasteiger partial charge in [-0.25, -0.2) is 9.78 Å². The lowest BCUT2D eigenvalue weighted by molar-refractivity contribution is -0.153. The molecular formula is C21H20N2O5. The van der Waals surface area contributed by atoms with Gasteiger partial charge in [-0.2, -0.15) is 0 Å². The van der Waals surface area contributed by atoms with Crippen LogP contribution in [0.25, 0.3) is 11.1 Å². The molecule has 3 aromatic rings. The standard InChI is InChI=1S/C21H20N2O5/c1-13-7-3-4-8-15(13)23-20(25)14(2)27-19(24)12-11-17-21(26)28-18-10-6-5-9-16(18)22-17/h3-10,14H,11-12H2,1-2H3,(H,23,25)/t14-/m1/s1. The van der Waals surface area contributed by atoms with Gasteiger partial charge in [-0.05, 0) is 37.6 Å². The summed E-state index contributed by atoms with van der Waals surface area (Å²) in [6.45, 7) is 3.36. The smallest absolute Gasteiger partial charge is 0.358 e. The molecule has 7 heteroatoms. The lowest BCUT2D eigenvalue weighted by atomic mass is 10.2. The first-order valence-electron chi connectivity index (χ1n) is 8.89. The molecule has 0 bridgehead atoms. The van der Waals surface area contributed by atoms with E-state index < -0.39 is 23.6 Å². The van der Waals surface area contributed by atoms with Crippen molar-refractivity contribution in [2.45, 2.75) is 32.8 Å². The summed E-state index contributed by atoms with van der Waals surface area (Å²) in [5.74, 6) is -1.02. The highest BCUT2D eigenvalue weighted by atomic mass is 16.5. The van der Waals surface area contributed by atoms with Crippen LogP contribution in [0.1, 0.15) is 24.6 Å². The van der Waals surface area contributed by atoms with Crippen molar-refractivity contribution >= 4 is 28.7 Å². The van der Waals surface area contributed by atoms with Crippen molar-refractivity contribution < 1.29 is 18.7 Å². The highest BCUT2D eigenvalue weighted by Gasteiger charge is 2.19. The number of nitrogens with zero attached hydrogens (tertiary/aromatic N) is 1. The van der Waals surface area contributed by atoms with Crippen LogP contribution >= 0.6 is 0 Å². The van der Waals surface area contributed by atoms with Crippen molar-refractivity contribution in [3.05, 3.63) is 70.2 Å². The number of amides is 1. The van der Waals surface area contributed by atoms with Gasteiger partial charge in [0.2, 0.25) is 0 Å². The number of hydrogen-bond donors (Lipinski definition) is 1. The molecule has 144 valence electrons.